The largest absolute Gasteiger partial charge is 0.248 e. The Kier molecular flexibility index (Phi) is 3.50. The topological polar surface area (TPSA) is 12.9 Å². The fourth-order valence-electron chi connectivity index (χ4n) is 2.80. The van der Waals surface area contributed by atoms with E-state index in [9.17, 15) is 0 Å². The summed E-state index contributed by atoms with van der Waals surface area (Å²) in [4.78, 5) is 4.86. The van der Waals surface area contributed by atoms with Crippen molar-refractivity contribution >= 4 is 10.9 Å². The van der Waals surface area contributed by atoms with E-state index in [1.54, 1.807) is 0 Å². The van der Waals surface area contributed by atoms with Crippen molar-refractivity contribution in [3.63, 3.8) is 0 Å². The van der Waals surface area contributed by atoms with Crippen LogP contribution in [-0.2, 0) is 0 Å². The molecule has 106 valence electrons. The van der Waals surface area contributed by atoms with Gasteiger partial charge in [-0.05, 0) is 43.0 Å². The molecule has 0 unspecified atom stereocenters. The Morgan fingerprint density at radius 1 is 0.857 bits per heavy atom. The minimum absolute atomic E-state index is 0.564. The van der Waals surface area contributed by atoms with Crippen LogP contribution in [0.3, 0.4) is 0 Å². The number of pyridine rings is 1. The molecule has 0 aliphatic rings. The number of aryl methyl sites for hydroxylation is 2. The van der Waals surface area contributed by atoms with Crippen LogP contribution in [0.5, 0.6) is 0 Å². The van der Waals surface area contributed by atoms with Gasteiger partial charge in [0.25, 0.3) is 0 Å². The third-order valence-electron chi connectivity index (χ3n) is 4.00. The van der Waals surface area contributed by atoms with Gasteiger partial charge in [-0.3, -0.25) is 0 Å². The SMILES string of the molecule is Cc1cc(C)c2nc(-c3ccc(C(C)C)cc3)ccc2c1. The van der Waals surface area contributed by atoms with Crippen molar-refractivity contribution < 1.29 is 0 Å². The average molecular weight is 275 g/mol. The van der Waals surface area contributed by atoms with E-state index in [0.717, 1.165) is 11.2 Å². The third-order valence-corrected chi connectivity index (χ3v) is 4.00. The van der Waals surface area contributed by atoms with Crippen LogP contribution in [0.25, 0.3) is 22.2 Å². The van der Waals surface area contributed by atoms with Crippen molar-refractivity contribution in [1.29, 1.82) is 0 Å². The van der Waals surface area contributed by atoms with Gasteiger partial charge in [0.2, 0.25) is 0 Å². The lowest BCUT2D eigenvalue weighted by Gasteiger charge is -2.09. The van der Waals surface area contributed by atoms with Crippen molar-refractivity contribution in [1.82, 2.24) is 4.98 Å². The summed E-state index contributed by atoms with van der Waals surface area (Å²) in [6, 6.07) is 17.4. The molecule has 0 bridgehead atoms. The molecule has 1 nitrogen and oxygen atoms in total. The first-order valence-corrected chi connectivity index (χ1v) is 7.53. The summed E-state index contributed by atoms with van der Waals surface area (Å²) in [5.41, 5.74) is 7.23. The quantitative estimate of drug-likeness (QED) is 0.589. The maximum absolute atomic E-state index is 4.86. The average Bonchev–Trinajstić information content (AvgIpc) is 2.47. The minimum Gasteiger partial charge on any atom is -0.248 e. The Hall–Kier alpha value is -2.15. The maximum Gasteiger partial charge on any atom is 0.0738 e. The van der Waals surface area contributed by atoms with E-state index >= 15 is 0 Å². The monoisotopic (exact) mass is 275 g/mol. The van der Waals surface area contributed by atoms with E-state index in [-0.39, 0.29) is 0 Å². The highest BCUT2D eigenvalue weighted by Gasteiger charge is 2.05. The Labute approximate surface area is 126 Å². The number of nitrogens with zero attached hydrogens (tertiary/aromatic N) is 1. The predicted molar refractivity (Wildman–Crippen MR) is 90.7 cm³/mol. The first-order valence-electron chi connectivity index (χ1n) is 7.53. The molecule has 21 heavy (non-hydrogen) atoms. The van der Waals surface area contributed by atoms with E-state index < -0.39 is 0 Å². The zero-order chi connectivity index (χ0) is 15.0. The summed E-state index contributed by atoms with van der Waals surface area (Å²) in [6.45, 7) is 8.70. The Bertz CT molecular complexity index is 783. The molecule has 0 saturated heterocycles. The molecule has 1 aromatic heterocycles. The van der Waals surface area contributed by atoms with Crippen LogP contribution in [0.15, 0.2) is 48.5 Å². The first kappa shape index (κ1) is 13.8. The highest BCUT2D eigenvalue weighted by molar-refractivity contribution is 5.85. The highest BCUT2D eigenvalue weighted by atomic mass is 14.7. The minimum atomic E-state index is 0.564. The molecular formula is C20H21N. The lowest BCUT2D eigenvalue weighted by molar-refractivity contribution is 0.867. The van der Waals surface area contributed by atoms with Crippen molar-refractivity contribution in [3.05, 3.63) is 65.2 Å². The number of hydrogen-bond acceptors (Lipinski definition) is 1. The maximum atomic E-state index is 4.86. The molecule has 0 fully saturated rings. The Morgan fingerprint density at radius 3 is 2.24 bits per heavy atom. The van der Waals surface area contributed by atoms with E-state index in [2.05, 4.69) is 76.2 Å². The van der Waals surface area contributed by atoms with E-state index in [1.165, 1.54) is 27.6 Å². The van der Waals surface area contributed by atoms with Crippen LogP contribution < -0.4 is 0 Å². The first-order chi connectivity index (χ1) is 10.0. The Balaban J connectivity index is 2.08. The molecule has 0 aliphatic heterocycles. The molecule has 0 aliphatic carbocycles. The number of fused-ring (bicyclic) bond motifs is 1. The molecule has 2 aromatic carbocycles. The molecule has 0 saturated carbocycles. The molecule has 0 radical (unpaired) electrons. The fourth-order valence-corrected chi connectivity index (χ4v) is 2.80. The third kappa shape index (κ3) is 2.69. The second kappa shape index (κ2) is 5.33. The molecule has 0 spiro atoms. The van der Waals surface area contributed by atoms with Crippen LogP contribution in [0.2, 0.25) is 0 Å². The molecule has 3 aromatic rings. The highest BCUT2D eigenvalue weighted by Crippen LogP contribution is 2.25. The summed E-state index contributed by atoms with van der Waals surface area (Å²) in [5, 5.41) is 1.22. The molecule has 1 heterocycles. The van der Waals surface area contributed by atoms with E-state index in [4.69, 9.17) is 4.98 Å². The van der Waals surface area contributed by atoms with E-state index in [1.807, 2.05) is 0 Å². The van der Waals surface area contributed by atoms with Crippen molar-refractivity contribution in [3.8, 4) is 11.3 Å². The van der Waals surface area contributed by atoms with Crippen LogP contribution >= 0.6 is 0 Å². The molecule has 0 N–H and O–H groups in total. The molecule has 0 atom stereocenters. The smallest absolute Gasteiger partial charge is 0.0738 e. The van der Waals surface area contributed by atoms with Crippen LogP contribution in [0.1, 0.15) is 36.5 Å². The lowest BCUT2D eigenvalue weighted by Crippen LogP contribution is -1.90. The molecular weight excluding hydrogens is 254 g/mol. The summed E-state index contributed by atoms with van der Waals surface area (Å²) >= 11 is 0. The van der Waals surface area contributed by atoms with Crippen molar-refractivity contribution in [2.24, 2.45) is 0 Å². The van der Waals surface area contributed by atoms with Gasteiger partial charge in [0.15, 0.2) is 0 Å². The van der Waals surface area contributed by atoms with Crippen LogP contribution in [0, 0.1) is 13.8 Å². The van der Waals surface area contributed by atoms with Gasteiger partial charge in [-0.25, -0.2) is 4.98 Å². The van der Waals surface area contributed by atoms with Crippen molar-refractivity contribution in [2.75, 3.05) is 0 Å². The van der Waals surface area contributed by atoms with Gasteiger partial charge in [-0.1, -0.05) is 55.8 Å². The standard InChI is InChI=1S/C20H21N/c1-13(2)16-5-7-17(8-6-16)19-10-9-18-12-14(3)11-15(4)20(18)21-19/h5-13H,1-4H3. The molecule has 0 amide bonds. The second-order valence-electron chi connectivity index (χ2n) is 6.13. The lowest BCUT2D eigenvalue weighted by atomic mass is 10.00. The summed E-state index contributed by atoms with van der Waals surface area (Å²) in [7, 11) is 0. The number of benzene rings is 2. The van der Waals surface area contributed by atoms with Gasteiger partial charge < -0.3 is 0 Å². The van der Waals surface area contributed by atoms with Gasteiger partial charge in [-0.2, -0.15) is 0 Å². The second-order valence-corrected chi connectivity index (χ2v) is 6.13. The number of hydrogen-bond donors (Lipinski definition) is 0. The number of aromatic nitrogens is 1. The van der Waals surface area contributed by atoms with Gasteiger partial charge in [0, 0.05) is 10.9 Å². The number of rotatable bonds is 2. The predicted octanol–water partition coefficient (Wildman–Crippen LogP) is 5.64. The molecule has 3 rings (SSSR count). The zero-order valence-corrected chi connectivity index (χ0v) is 13.1. The van der Waals surface area contributed by atoms with Gasteiger partial charge in [-0.15, -0.1) is 0 Å². The summed E-state index contributed by atoms with van der Waals surface area (Å²) in [6.07, 6.45) is 0. The van der Waals surface area contributed by atoms with Gasteiger partial charge >= 0.3 is 0 Å². The summed E-state index contributed by atoms with van der Waals surface area (Å²) < 4.78 is 0. The summed E-state index contributed by atoms with van der Waals surface area (Å²) in [5.74, 6) is 0.564. The van der Waals surface area contributed by atoms with Crippen LogP contribution in [-0.4, -0.2) is 4.98 Å². The molecule has 1 heteroatoms. The van der Waals surface area contributed by atoms with Gasteiger partial charge in [0.1, 0.15) is 0 Å². The Morgan fingerprint density at radius 2 is 1.57 bits per heavy atom. The fraction of sp³-hybridized carbons (Fsp3) is 0.250. The van der Waals surface area contributed by atoms with Gasteiger partial charge in [0.05, 0.1) is 11.2 Å². The normalized spacial score (nSPS) is 11.3. The zero-order valence-electron chi connectivity index (χ0n) is 13.1. The van der Waals surface area contributed by atoms with Crippen molar-refractivity contribution in [2.45, 2.75) is 33.6 Å². The van der Waals surface area contributed by atoms with E-state index in [0.29, 0.717) is 5.92 Å². The van der Waals surface area contributed by atoms with Crippen LogP contribution in [0.4, 0.5) is 0 Å².